The highest BCUT2D eigenvalue weighted by Gasteiger charge is 2.20. The van der Waals surface area contributed by atoms with Gasteiger partial charge in [0, 0.05) is 35.2 Å². The van der Waals surface area contributed by atoms with Crippen LogP contribution in [0.5, 0.6) is 0 Å². The maximum absolute atomic E-state index is 6.13. The van der Waals surface area contributed by atoms with Gasteiger partial charge in [0.25, 0.3) is 0 Å². The zero-order valence-corrected chi connectivity index (χ0v) is 10.1. The molecule has 0 aromatic heterocycles. The zero-order valence-electron chi connectivity index (χ0n) is 8.56. The molecule has 2 rings (SSSR count). The third kappa shape index (κ3) is 2.64. The lowest BCUT2D eigenvalue weighted by Gasteiger charge is -2.31. The summed E-state index contributed by atoms with van der Waals surface area (Å²) in [6, 6.07) is 6.47. The normalized spacial score (nSPS) is 18.6. The third-order valence-electron chi connectivity index (χ3n) is 2.70. The summed E-state index contributed by atoms with van der Waals surface area (Å²) in [5.74, 6) is 0. The van der Waals surface area contributed by atoms with Crippen molar-refractivity contribution in [1.82, 2.24) is 10.6 Å². The number of benzene rings is 1. The Bertz CT molecular complexity index is 350. The van der Waals surface area contributed by atoms with Gasteiger partial charge in [-0.3, -0.25) is 0 Å². The molecule has 1 aliphatic heterocycles. The second-order valence-corrected chi connectivity index (χ2v) is 4.75. The van der Waals surface area contributed by atoms with Gasteiger partial charge in [0.15, 0.2) is 0 Å². The van der Waals surface area contributed by atoms with Gasteiger partial charge in [-0.2, -0.15) is 0 Å². The first kappa shape index (κ1) is 11.2. The van der Waals surface area contributed by atoms with Gasteiger partial charge < -0.3 is 10.6 Å². The molecule has 1 aliphatic rings. The van der Waals surface area contributed by atoms with E-state index in [4.69, 9.17) is 23.2 Å². The van der Waals surface area contributed by atoms with E-state index in [9.17, 15) is 0 Å². The molecule has 1 aromatic carbocycles. The van der Waals surface area contributed by atoms with Crippen molar-refractivity contribution < 1.29 is 0 Å². The molecule has 1 saturated heterocycles. The first-order valence-electron chi connectivity index (χ1n) is 5.08. The molecule has 2 N–H and O–H groups in total. The van der Waals surface area contributed by atoms with Gasteiger partial charge in [-0.05, 0) is 24.6 Å². The Labute approximate surface area is 100.0 Å². The lowest BCUT2D eigenvalue weighted by Crippen LogP contribution is -2.55. The maximum Gasteiger partial charge on any atom is 0.0468 e. The smallest absolute Gasteiger partial charge is 0.0468 e. The van der Waals surface area contributed by atoms with Gasteiger partial charge in [0.2, 0.25) is 0 Å². The SMILES string of the molecule is CC(NC1CNC1)c1ccc(Cl)cc1Cl. The Kier molecular flexibility index (Phi) is 3.52. The van der Waals surface area contributed by atoms with Crippen LogP contribution in [0.25, 0.3) is 0 Å². The van der Waals surface area contributed by atoms with Crippen molar-refractivity contribution in [2.75, 3.05) is 13.1 Å². The van der Waals surface area contributed by atoms with E-state index in [-0.39, 0.29) is 6.04 Å². The van der Waals surface area contributed by atoms with Gasteiger partial charge >= 0.3 is 0 Å². The van der Waals surface area contributed by atoms with E-state index in [1.807, 2.05) is 12.1 Å². The van der Waals surface area contributed by atoms with Gasteiger partial charge in [-0.1, -0.05) is 29.3 Å². The lowest BCUT2D eigenvalue weighted by molar-refractivity contribution is 0.338. The molecule has 0 bridgehead atoms. The van der Waals surface area contributed by atoms with E-state index in [0.717, 1.165) is 23.7 Å². The molecule has 82 valence electrons. The number of nitrogens with one attached hydrogen (secondary N) is 2. The summed E-state index contributed by atoms with van der Waals surface area (Å²) in [4.78, 5) is 0. The third-order valence-corrected chi connectivity index (χ3v) is 3.26. The van der Waals surface area contributed by atoms with Crippen LogP contribution < -0.4 is 10.6 Å². The molecule has 0 amide bonds. The van der Waals surface area contributed by atoms with E-state index in [1.165, 1.54) is 0 Å². The molecule has 4 heteroatoms. The van der Waals surface area contributed by atoms with Crippen molar-refractivity contribution in [3.05, 3.63) is 33.8 Å². The van der Waals surface area contributed by atoms with E-state index < -0.39 is 0 Å². The molecule has 15 heavy (non-hydrogen) atoms. The molecule has 0 spiro atoms. The van der Waals surface area contributed by atoms with Crippen molar-refractivity contribution in [2.24, 2.45) is 0 Å². The lowest BCUT2D eigenvalue weighted by atomic mass is 10.1. The van der Waals surface area contributed by atoms with Crippen LogP contribution in [0.15, 0.2) is 18.2 Å². The summed E-state index contributed by atoms with van der Waals surface area (Å²) in [6.07, 6.45) is 0. The summed E-state index contributed by atoms with van der Waals surface area (Å²) >= 11 is 12.0. The number of hydrogen-bond donors (Lipinski definition) is 2. The van der Waals surface area contributed by atoms with Crippen LogP contribution in [0.3, 0.4) is 0 Å². The van der Waals surface area contributed by atoms with E-state index in [0.29, 0.717) is 11.1 Å². The first-order chi connectivity index (χ1) is 7.16. The highest BCUT2D eigenvalue weighted by molar-refractivity contribution is 6.35. The Morgan fingerprint density at radius 3 is 2.67 bits per heavy atom. The Morgan fingerprint density at radius 2 is 2.13 bits per heavy atom. The van der Waals surface area contributed by atoms with Crippen molar-refractivity contribution >= 4 is 23.2 Å². The predicted octanol–water partition coefficient (Wildman–Crippen LogP) is 2.62. The van der Waals surface area contributed by atoms with Crippen molar-refractivity contribution in [2.45, 2.75) is 19.0 Å². The van der Waals surface area contributed by atoms with Crippen LogP contribution in [0.4, 0.5) is 0 Å². The van der Waals surface area contributed by atoms with Gasteiger partial charge in [0.1, 0.15) is 0 Å². The van der Waals surface area contributed by atoms with Crippen LogP contribution in [-0.2, 0) is 0 Å². The number of rotatable bonds is 3. The minimum absolute atomic E-state index is 0.266. The van der Waals surface area contributed by atoms with Gasteiger partial charge in [-0.25, -0.2) is 0 Å². The molecule has 1 fully saturated rings. The summed E-state index contributed by atoms with van der Waals surface area (Å²) in [5, 5.41) is 8.14. The predicted molar refractivity (Wildman–Crippen MR) is 64.7 cm³/mol. The summed E-state index contributed by atoms with van der Waals surface area (Å²) in [7, 11) is 0. The Balaban J connectivity index is 2.06. The number of hydrogen-bond acceptors (Lipinski definition) is 2. The van der Waals surface area contributed by atoms with E-state index in [1.54, 1.807) is 6.07 Å². The zero-order chi connectivity index (χ0) is 10.8. The molecule has 1 heterocycles. The molecule has 2 nitrogen and oxygen atoms in total. The minimum atomic E-state index is 0.266. The number of halogens is 2. The fourth-order valence-electron chi connectivity index (χ4n) is 1.70. The average molecular weight is 245 g/mol. The van der Waals surface area contributed by atoms with E-state index >= 15 is 0 Å². The summed E-state index contributed by atoms with van der Waals surface area (Å²) in [6.45, 7) is 4.19. The second kappa shape index (κ2) is 4.71. The maximum atomic E-state index is 6.13. The molecule has 0 aliphatic carbocycles. The standard InChI is InChI=1S/C11H14Cl2N2/c1-7(15-9-5-14-6-9)10-3-2-8(12)4-11(10)13/h2-4,7,9,14-15H,5-6H2,1H3. The molecule has 1 atom stereocenters. The first-order valence-corrected chi connectivity index (χ1v) is 5.84. The van der Waals surface area contributed by atoms with Crippen molar-refractivity contribution in [3.8, 4) is 0 Å². The molecular formula is C11H14Cl2N2. The summed E-state index contributed by atoms with van der Waals surface area (Å²) < 4.78 is 0. The van der Waals surface area contributed by atoms with Crippen molar-refractivity contribution in [1.29, 1.82) is 0 Å². The van der Waals surface area contributed by atoms with Crippen LogP contribution in [0.1, 0.15) is 18.5 Å². The van der Waals surface area contributed by atoms with E-state index in [2.05, 4.69) is 17.6 Å². The molecular weight excluding hydrogens is 231 g/mol. The monoisotopic (exact) mass is 244 g/mol. The van der Waals surface area contributed by atoms with Crippen LogP contribution in [-0.4, -0.2) is 19.1 Å². The van der Waals surface area contributed by atoms with Gasteiger partial charge in [0.05, 0.1) is 0 Å². The fraction of sp³-hybridized carbons (Fsp3) is 0.455. The van der Waals surface area contributed by atoms with Crippen LogP contribution >= 0.6 is 23.2 Å². The van der Waals surface area contributed by atoms with Crippen LogP contribution in [0.2, 0.25) is 10.0 Å². The van der Waals surface area contributed by atoms with Crippen LogP contribution in [0, 0.1) is 0 Å². The minimum Gasteiger partial charge on any atom is -0.314 e. The second-order valence-electron chi connectivity index (χ2n) is 3.91. The molecule has 0 radical (unpaired) electrons. The Morgan fingerprint density at radius 1 is 1.40 bits per heavy atom. The average Bonchev–Trinajstić information content (AvgIpc) is 2.11. The largest absolute Gasteiger partial charge is 0.314 e. The van der Waals surface area contributed by atoms with Crippen molar-refractivity contribution in [3.63, 3.8) is 0 Å². The topological polar surface area (TPSA) is 24.1 Å². The summed E-state index contributed by atoms with van der Waals surface area (Å²) in [5.41, 5.74) is 1.10. The quantitative estimate of drug-likeness (QED) is 0.855. The fourth-order valence-corrected chi connectivity index (χ4v) is 2.27. The molecule has 0 saturated carbocycles. The highest BCUT2D eigenvalue weighted by Crippen LogP contribution is 2.26. The Hall–Kier alpha value is -0.280. The molecule has 1 unspecified atom stereocenters. The highest BCUT2D eigenvalue weighted by atomic mass is 35.5. The van der Waals surface area contributed by atoms with Gasteiger partial charge in [-0.15, -0.1) is 0 Å². The molecule has 1 aromatic rings.